The Morgan fingerprint density at radius 3 is 1.98 bits per heavy atom. The van der Waals surface area contributed by atoms with Gasteiger partial charge in [0, 0.05) is 31.0 Å². The van der Waals surface area contributed by atoms with Crippen molar-refractivity contribution in [3.8, 4) is 16.9 Å². The molecule has 0 saturated heterocycles. The number of phenolic OH excluding ortho intramolecular Hbond substituents is 1. The van der Waals surface area contributed by atoms with E-state index in [9.17, 15) is 23.5 Å². The van der Waals surface area contributed by atoms with Gasteiger partial charge in [-0.25, -0.2) is 8.78 Å². The van der Waals surface area contributed by atoms with Crippen LogP contribution >= 0.6 is 0 Å². The number of hydrogen-bond donors (Lipinski definition) is 2. The predicted octanol–water partition coefficient (Wildman–Crippen LogP) is 9.34. The lowest BCUT2D eigenvalue weighted by Crippen LogP contribution is -2.25. The van der Waals surface area contributed by atoms with Gasteiger partial charge in [-0.3, -0.25) is 9.59 Å². The topological polar surface area (TPSA) is 66.4 Å². The van der Waals surface area contributed by atoms with Crippen LogP contribution in [0.1, 0.15) is 81.5 Å². The fraction of sp³-hybridized carbons (Fsp3) is 0.333. The highest BCUT2D eigenvalue weighted by Crippen LogP contribution is 2.28. The molecule has 0 aliphatic rings. The van der Waals surface area contributed by atoms with Crippen LogP contribution in [0.4, 0.5) is 8.78 Å². The Bertz CT molecular complexity index is 1270. The fourth-order valence-electron chi connectivity index (χ4n) is 4.10. The van der Waals surface area contributed by atoms with Crippen molar-refractivity contribution < 1.29 is 23.5 Å². The molecule has 0 heterocycles. The second-order valence-electron chi connectivity index (χ2n) is 9.85. The Kier molecular flexibility index (Phi) is 16.9. The zero-order chi connectivity index (χ0) is 30.4. The molecule has 0 radical (unpaired) electrons. The average molecular weight is 576 g/mol. The van der Waals surface area contributed by atoms with E-state index in [1.807, 2.05) is 0 Å². The van der Waals surface area contributed by atoms with Crippen molar-refractivity contribution >= 4 is 11.7 Å². The van der Waals surface area contributed by atoms with Gasteiger partial charge in [0.25, 0.3) is 5.91 Å². The standard InChI is InChI=1S/C36H43F2NO3/c1-2-3-4-5-6-7-8-9-10-11-12-13-14-15-16-17-18-20-31(40)21-19-26-39-36(42)33-27-29(22-25-35(33)41)32-24-23-30(37)28-34(32)38/h3-4,6-7,9-10,12-13,15-16,22-25,27-28,41H,2,5,8,11,14,17-21,26H2,1H3,(H,39,42)/b4-3-,7-6-,10-9-,13-12-,16-15-. The van der Waals surface area contributed by atoms with Crippen LogP contribution in [0.3, 0.4) is 0 Å². The number of Topliss-reactive ketones (excluding diaryl/α,β-unsaturated/α-hetero) is 1. The van der Waals surface area contributed by atoms with Crippen LogP contribution in [0.2, 0.25) is 0 Å². The number of unbranched alkanes of at least 4 members (excludes halogenated alkanes) is 1. The van der Waals surface area contributed by atoms with Gasteiger partial charge in [0.05, 0.1) is 5.56 Å². The van der Waals surface area contributed by atoms with Crippen LogP contribution in [0.5, 0.6) is 5.75 Å². The summed E-state index contributed by atoms with van der Waals surface area (Å²) in [6.45, 7) is 2.41. The van der Waals surface area contributed by atoms with E-state index >= 15 is 0 Å². The first-order valence-corrected chi connectivity index (χ1v) is 14.8. The number of aromatic hydroxyl groups is 1. The SMILES string of the molecule is CC/C=C\C/C=C\C/C=C\C/C=C\C/C=C\CCCC(=O)CCCNC(=O)c1cc(-c2ccc(F)cc2F)ccc1O. The first-order valence-electron chi connectivity index (χ1n) is 14.8. The minimum atomic E-state index is -0.757. The highest BCUT2D eigenvalue weighted by molar-refractivity contribution is 5.98. The van der Waals surface area contributed by atoms with Crippen molar-refractivity contribution in [1.29, 1.82) is 0 Å². The summed E-state index contributed by atoms with van der Waals surface area (Å²) >= 11 is 0. The molecule has 4 nitrogen and oxygen atoms in total. The molecular formula is C36H43F2NO3. The van der Waals surface area contributed by atoms with E-state index in [0.717, 1.165) is 57.1 Å². The Morgan fingerprint density at radius 2 is 1.36 bits per heavy atom. The summed E-state index contributed by atoms with van der Waals surface area (Å²) in [7, 11) is 0. The monoisotopic (exact) mass is 575 g/mol. The largest absolute Gasteiger partial charge is 0.507 e. The van der Waals surface area contributed by atoms with E-state index in [1.165, 1.54) is 24.3 Å². The molecule has 0 aliphatic carbocycles. The molecule has 224 valence electrons. The molecule has 6 heteroatoms. The minimum absolute atomic E-state index is 0.0142. The van der Waals surface area contributed by atoms with Crippen molar-refractivity contribution in [2.75, 3.05) is 6.54 Å². The zero-order valence-electron chi connectivity index (χ0n) is 24.5. The van der Waals surface area contributed by atoms with Crippen molar-refractivity contribution in [2.24, 2.45) is 0 Å². The zero-order valence-corrected chi connectivity index (χ0v) is 24.5. The third-order valence-corrected chi connectivity index (χ3v) is 6.39. The summed E-state index contributed by atoms with van der Waals surface area (Å²) in [4.78, 5) is 24.7. The number of ketones is 1. The molecule has 0 spiro atoms. The summed E-state index contributed by atoms with van der Waals surface area (Å²) in [5.74, 6) is -2.08. The van der Waals surface area contributed by atoms with Crippen molar-refractivity contribution in [3.05, 3.63) is 114 Å². The molecule has 0 aliphatic heterocycles. The van der Waals surface area contributed by atoms with Crippen LogP contribution < -0.4 is 5.32 Å². The molecular weight excluding hydrogens is 532 g/mol. The quantitative estimate of drug-likeness (QED) is 0.130. The van der Waals surface area contributed by atoms with Gasteiger partial charge in [-0.2, -0.15) is 0 Å². The van der Waals surface area contributed by atoms with Gasteiger partial charge in [-0.15, -0.1) is 0 Å². The van der Waals surface area contributed by atoms with Crippen LogP contribution in [0, 0.1) is 11.6 Å². The molecule has 42 heavy (non-hydrogen) atoms. The molecule has 0 unspecified atom stereocenters. The van der Waals surface area contributed by atoms with E-state index in [2.05, 4.69) is 73.0 Å². The van der Waals surface area contributed by atoms with E-state index in [1.54, 1.807) is 0 Å². The Morgan fingerprint density at radius 1 is 0.762 bits per heavy atom. The summed E-state index contributed by atoms with van der Waals surface area (Å²) in [5, 5.41) is 12.8. The maximum Gasteiger partial charge on any atom is 0.255 e. The summed E-state index contributed by atoms with van der Waals surface area (Å²) in [6, 6.07) is 7.30. The highest BCUT2D eigenvalue weighted by atomic mass is 19.1. The lowest BCUT2D eigenvalue weighted by Gasteiger charge is -2.10. The van der Waals surface area contributed by atoms with Crippen molar-refractivity contribution in [1.82, 2.24) is 5.32 Å². The number of nitrogens with one attached hydrogen (secondary N) is 1. The molecule has 0 aromatic heterocycles. The average Bonchev–Trinajstić information content (AvgIpc) is 2.97. The second-order valence-corrected chi connectivity index (χ2v) is 9.85. The highest BCUT2D eigenvalue weighted by Gasteiger charge is 2.14. The number of hydrogen-bond acceptors (Lipinski definition) is 3. The molecule has 2 N–H and O–H groups in total. The molecule has 0 saturated carbocycles. The van der Waals surface area contributed by atoms with E-state index in [4.69, 9.17) is 0 Å². The number of allylic oxidation sites excluding steroid dienone is 10. The van der Waals surface area contributed by atoms with E-state index in [0.29, 0.717) is 24.8 Å². The maximum atomic E-state index is 14.1. The van der Waals surface area contributed by atoms with Crippen LogP contribution in [0.15, 0.2) is 97.2 Å². The summed E-state index contributed by atoms with van der Waals surface area (Å²) in [5.41, 5.74) is 0.457. The maximum absolute atomic E-state index is 14.1. The lowest BCUT2D eigenvalue weighted by atomic mass is 10.0. The Balaban J connectivity index is 1.56. The van der Waals surface area contributed by atoms with Crippen LogP contribution in [-0.2, 0) is 4.79 Å². The third kappa shape index (κ3) is 14.0. The van der Waals surface area contributed by atoms with Gasteiger partial charge >= 0.3 is 0 Å². The number of carbonyl (C=O) groups is 2. The van der Waals surface area contributed by atoms with Crippen LogP contribution in [0.25, 0.3) is 11.1 Å². The Hall–Kier alpha value is -4.06. The smallest absolute Gasteiger partial charge is 0.255 e. The number of rotatable bonds is 19. The van der Waals surface area contributed by atoms with Gasteiger partial charge in [-0.1, -0.05) is 73.8 Å². The first-order chi connectivity index (χ1) is 20.4. The van der Waals surface area contributed by atoms with Gasteiger partial charge in [0.15, 0.2) is 0 Å². The number of amides is 1. The lowest BCUT2D eigenvalue weighted by molar-refractivity contribution is -0.119. The second kappa shape index (κ2) is 20.8. The molecule has 1 amide bonds. The van der Waals surface area contributed by atoms with E-state index < -0.39 is 17.5 Å². The number of phenols is 1. The summed E-state index contributed by atoms with van der Waals surface area (Å²) < 4.78 is 27.3. The third-order valence-electron chi connectivity index (χ3n) is 6.39. The van der Waals surface area contributed by atoms with Crippen LogP contribution in [-0.4, -0.2) is 23.3 Å². The van der Waals surface area contributed by atoms with Crippen molar-refractivity contribution in [2.45, 2.75) is 71.1 Å². The van der Waals surface area contributed by atoms with Gasteiger partial charge in [-0.05, 0) is 81.2 Å². The van der Waals surface area contributed by atoms with Gasteiger partial charge in [0.2, 0.25) is 0 Å². The Labute approximate surface area is 249 Å². The normalized spacial score (nSPS) is 12.1. The molecule has 2 rings (SSSR count). The first kappa shape index (κ1) is 34.1. The molecule has 2 aromatic carbocycles. The molecule has 2 aromatic rings. The number of carbonyl (C=O) groups excluding carboxylic acids is 2. The molecule has 0 atom stereocenters. The summed E-state index contributed by atoms with van der Waals surface area (Å²) in [6.07, 6.45) is 29.4. The number of halogens is 2. The van der Waals surface area contributed by atoms with Crippen molar-refractivity contribution in [3.63, 3.8) is 0 Å². The minimum Gasteiger partial charge on any atom is -0.507 e. The predicted molar refractivity (Wildman–Crippen MR) is 168 cm³/mol. The van der Waals surface area contributed by atoms with E-state index in [-0.39, 0.29) is 29.2 Å². The molecule has 0 fully saturated rings. The number of benzene rings is 2. The molecule has 0 bridgehead atoms. The fourth-order valence-corrected chi connectivity index (χ4v) is 4.10. The van der Waals surface area contributed by atoms with Gasteiger partial charge < -0.3 is 10.4 Å². The van der Waals surface area contributed by atoms with Gasteiger partial charge in [0.1, 0.15) is 23.2 Å².